The first-order valence-electron chi connectivity index (χ1n) is 52.6. The second kappa shape index (κ2) is 94.2. The van der Waals surface area contributed by atoms with Crippen molar-refractivity contribution in [1.82, 2.24) is 15.3 Å². The number of aliphatic hydroxyl groups excluding tert-OH is 1. The van der Waals surface area contributed by atoms with Crippen LogP contribution in [0.4, 0.5) is 9.59 Å². The summed E-state index contributed by atoms with van der Waals surface area (Å²) in [6.45, 7) is 40.9. The zero-order chi connectivity index (χ0) is 97.1. The molecule has 0 aromatic rings. The van der Waals surface area contributed by atoms with Crippen molar-refractivity contribution in [2.45, 2.75) is 531 Å². The van der Waals surface area contributed by atoms with Crippen LogP contribution < -0.4 is 10.6 Å². The SMILES string of the molecule is C=CCOP(=O)(OCCNC(=O)OC(C)(C)C)OC[C@H](COCC[C@H](CCCCCCC)OC(=O)CCCCCCCCCCC)OC(=O)CCCCCCCCCCCCC.C=CCOP(OCCNC(=O)OC(C)(C)C)N(C(C)C)C(C)C.CCCCCCCCCCCCCC(=O)O[C@H](CO)COCC[C@H](CCCCCCC)OC(=O)CCCCCCCCCCC. The Morgan fingerprint density at radius 1 is 0.346 bits per heavy atom. The topological polar surface area (TPSA) is 287 Å². The van der Waals surface area contributed by atoms with E-state index in [1.54, 1.807) is 26.8 Å². The molecule has 2 unspecified atom stereocenters. The number of rotatable bonds is 91. The Labute approximate surface area is 797 Å². The lowest BCUT2D eigenvalue weighted by molar-refractivity contribution is -0.156. The van der Waals surface area contributed by atoms with E-state index in [-0.39, 0.29) is 89.3 Å². The van der Waals surface area contributed by atoms with E-state index in [9.17, 15) is 38.4 Å². The van der Waals surface area contributed by atoms with Crippen LogP contribution in [0.5, 0.6) is 0 Å². The largest absolute Gasteiger partial charge is 0.475 e. The first kappa shape index (κ1) is 130. The first-order valence-corrected chi connectivity index (χ1v) is 55.2. The monoisotopic (exact) mass is 1890 g/mol. The molecule has 0 bridgehead atoms. The van der Waals surface area contributed by atoms with Crippen LogP contribution in [-0.4, -0.2) is 173 Å². The molecule has 0 rings (SSSR count). The summed E-state index contributed by atoms with van der Waals surface area (Å²) < 4.78 is 89.4. The fraction of sp³-hybridized carbons (Fsp3) is 0.904. The number of esters is 4. The number of phosphoric acid groups is 1. The van der Waals surface area contributed by atoms with Crippen LogP contribution in [0.25, 0.3) is 0 Å². The van der Waals surface area contributed by atoms with Gasteiger partial charge in [0.1, 0.15) is 35.6 Å². The molecule has 0 aromatic heterocycles. The quantitative estimate of drug-likeness (QED) is 0.0168. The standard InChI is InChI=1S/C49H94NO11P.C39H76O6.C16H33N2O4P/c1-8-12-15-18-20-22-23-25-27-30-33-36-47(52)60-45(43-58-62(54,56-39-11-4)57-41-38-50-48(53)61-49(5,6)7)42-55-40-37-44(34-31-28-17-14-10-3)59-46(51)35-32-29-26-24-21-19-16-13-9-2;1-4-7-10-13-15-17-18-20-22-25-28-31-39(42)45-37(34-40)35-43-33-32-36(29-26-23-12-9-6-3)44-38(41)30-27-24-21-19-16-14-11-8-5-2;1-9-11-20-23(18(13(2)3)14(4)5)21-12-10-17-15(19)22-16(6,7)8/h11,44-45H,4,8-10,12-43H2,1-3,5-7H3,(H,50,53);36-37,40H,4-35H2,1-3H3;9,13-14H,1,10-12H2,2-8H3,(H,17,19)/t44-,45-,62?;36-,37+;/m00./s1. The average molecular weight is 1890 g/mol. The van der Waals surface area contributed by atoms with Crippen LogP contribution in [0.1, 0.15) is 483 Å². The third-order valence-corrected chi connectivity index (χ3v) is 25.2. The second-order valence-corrected chi connectivity index (χ2v) is 40.9. The van der Waals surface area contributed by atoms with Crippen molar-refractivity contribution in [2.24, 2.45) is 0 Å². The molecular formula is C104H203N3O21P2. The lowest BCUT2D eigenvalue weighted by Gasteiger charge is -2.35. The predicted molar refractivity (Wildman–Crippen MR) is 535 cm³/mol. The molecule has 3 N–H and O–H groups in total. The summed E-state index contributed by atoms with van der Waals surface area (Å²) in [7, 11) is -5.36. The summed E-state index contributed by atoms with van der Waals surface area (Å²) in [6, 6.07) is 0.592. The van der Waals surface area contributed by atoms with Crippen molar-refractivity contribution in [3.8, 4) is 0 Å². The lowest BCUT2D eigenvalue weighted by Crippen LogP contribution is -2.36. The zero-order valence-electron chi connectivity index (χ0n) is 86.5. The van der Waals surface area contributed by atoms with Gasteiger partial charge in [0, 0.05) is 63.7 Å². The number of phosphoric ester groups is 1. The number of carbonyl (C=O) groups is 6. The fourth-order valence-electron chi connectivity index (χ4n) is 14.5. The van der Waals surface area contributed by atoms with E-state index in [4.69, 9.17) is 60.5 Å². The van der Waals surface area contributed by atoms with E-state index >= 15 is 0 Å². The molecule has 770 valence electrons. The molecule has 0 fully saturated rings. The van der Waals surface area contributed by atoms with Crippen LogP contribution in [0.3, 0.4) is 0 Å². The number of nitrogens with zero attached hydrogens (tertiary/aromatic N) is 1. The molecule has 0 aliphatic rings. The minimum absolute atomic E-state index is 0.0102. The Kier molecular flexibility index (Phi) is 94.4. The molecule has 6 atom stereocenters. The molecule has 0 aliphatic heterocycles. The number of nitrogens with one attached hydrogen (secondary N) is 2. The number of hydrogen-bond acceptors (Lipinski definition) is 22. The molecule has 0 radical (unpaired) electrons. The summed E-state index contributed by atoms with van der Waals surface area (Å²) >= 11 is 0. The van der Waals surface area contributed by atoms with E-state index in [1.807, 2.05) is 20.8 Å². The average Bonchev–Trinajstić information content (AvgIpc) is 0.883. The Morgan fingerprint density at radius 2 is 0.631 bits per heavy atom. The molecular weight excluding hydrogens is 1690 g/mol. The van der Waals surface area contributed by atoms with Crippen molar-refractivity contribution in [3.63, 3.8) is 0 Å². The molecule has 26 heteroatoms. The van der Waals surface area contributed by atoms with Gasteiger partial charge in [0.05, 0.1) is 66.1 Å². The molecule has 0 spiro atoms. The minimum Gasteiger partial charge on any atom is -0.462 e. The van der Waals surface area contributed by atoms with Crippen molar-refractivity contribution in [1.29, 1.82) is 0 Å². The lowest BCUT2D eigenvalue weighted by atomic mass is 10.1. The van der Waals surface area contributed by atoms with Gasteiger partial charge in [-0.25, -0.2) is 18.8 Å². The molecule has 0 saturated heterocycles. The summed E-state index contributed by atoms with van der Waals surface area (Å²) in [5.74, 6) is -0.909. The van der Waals surface area contributed by atoms with Gasteiger partial charge in [0.15, 0.2) is 0 Å². The summed E-state index contributed by atoms with van der Waals surface area (Å²) in [4.78, 5) is 74.4. The molecule has 0 heterocycles. The normalized spacial score (nSPS) is 13.3. The van der Waals surface area contributed by atoms with Crippen LogP contribution in [0.2, 0.25) is 0 Å². The number of amides is 2. The van der Waals surface area contributed by atoms with Crippen LogP contribution in [0, 0.1) is 0 Å². The number of carbonyl (C=O) groups excluding carboxylic acids is 6. The van der Waals surface area contributed by atoms with Gasteiger partial charge in [-0.2, -0.15) is 0 Å². The molecule has 2 amide bonds. The van der Waals surface area contributed by atoms with Gasteiger partial charge < -0.3 is 62.7 Å². The van der Waals surface area contributed by atoms with Gasteiger partial charge in [0.2, 0.25) is 0 Å². The first-order chi connectivity index (χ1) is 62.5. The fourth-order valence-corrected chi connectivity index (χ4v) is 17.2. The Balaban J connectivity index is -0.00000206. The molecule has 0 saturated carbocycles. The second-order valence-electron chi connectivity index (χ2n) is 37.7. The van der Waals surface area contributed by atoms with Gasteiger partial charge in [-0.15, -0.1) is 13.2 Å². The smallest absolute Gasteiger partial charge is 0.462 e. The van der Waals surface area contributed by atoms with E-state index in [2.05, 4.69) is 97.7 Å². The Morgan fingerprint density at radius 3 is 0.931 bits per heavy atom. The van der Waals surface area contributed by atoms with Gasteiger partial charge in [-0.05, 0) is 121 Å². The highest BCUT2D eigenvalue weighted by molar-refractivity contribution is 7.48. The zero-order valence-corrected chi connectivity index (χ0v) is 88.3. The van der Waals surface area contributed by atoms with Gasteiger partial charge in [0.25, 0.3) is 8.53 Å². The maximum atomic E-state index is 13.6. The van der Waals surface area contributed by atoms with Crippen molar-refractivity contribution >= 4 is 52.4 Å². The molecule has 0 aliphatic carbocycles. The molecule has 0 aromatic carbocycles. The third kappa shape index (κ3) is 93.2. The van der Waals surface area contributed by atoms with Crippen molar-refractivity contribution < 1.29 is 99.0 Å². The number of hydrogen-bond donors (Lipinski definition) is 3. The maximum absolute atomic E-state index is 13.6. The van der Waals surface area contributed by atoms with E-state index < -0.39 is 57.9 Å². The van der Waals surface area contributed by atoms with Crippen LogP contribution >= 0.6 is 16.3 Å². The summed E-state index contributed by atoms with van der Waals surface area (Å²) in [6.07, 6.45) is 64.1. The Bertz CT molecular complexity index is 2620. The van der Waals surface area contributed by atoms with Crippen molar-refractivity contribution in [3.05, 3.63) is 25.3 Å². The van der Waals surface area contributed by atoms with E-state index in [0.29, 0.717) is 77.0 Å². The van der Waals surface area contributed by atoms with E-state index in [1.165, 1.54) is 212 Å². The number of unbranched alkanes of at least 4 members (excludes halogenated alkanes) is 44. The summed E-state index contributed by atoms with van der Waals surface area (Å²) in [5.41, 5.74) is -1.18. The highest BCUT2D eigenvalue weighted by atomic mass is 31.2. The highest BCUT2D eigenvalue weighted by Gasteiger charge is 2.31. The van der Waals surface area contributed by atoms with Crippen molar-refractivity contribution in [2.75, 3.05) is 79.2 Å². The number of ether oxygens (including phenoxy) is 8. The van der Waals surface area contributed by atoms with Crippen LogP contribution in [0.15, 0.2) is 25.3 Å². The number of alkyl carbamates (subject to hydrolysis) is 2. The highest BCUT2D eigenvalue weighted by Crippen LogP contribution is 2.50. The van der Waals surface area contributed by atoms with Gasteiger partial charge in [-0.1, -0.05) is 336 Å². The number of aliphatic hydroxyl groups is 1. The molecule has 130 heavy (non-hydrogen) atoms. The van der Waals surface area contributed by atoms with Gasteiger partial charge in [-0.3, -0.25) is 32.7 Å². The molecule has 24 nitrogen and oxygen atoms in total. The Hall–Kier alpha value is -3.80. The van der Waals surface area contributed by atoms with E-state index in [0.717, 1.165) is 122 Å². The van der Waals surface area contributed by atoms with Gasteiger partial charge >= 0.3 is 43.9 Å². The van der Waals surface area contributed by atoms with Crippen LogP contribution in [-0.2, 0) is 84.3 Å². The maximum Gasteiger partial charge on any atom is 0.475 e. The minimum atomic E-state index is -4.16. The summed E-state index contributed by atoms with van der Waals surface area (Å²) in [5, 5.41) is 14.9. The predicted octanol–water partition coefficient (Wildman–Crippen LogP) is 29.3. The third-order valence-electron chi connectivity index (χ3n) is 21.7.